The first-order valence-corrected chi connectivity index (χ1v) is 10.6. The average molecular weight is 391 g/mol. The van der Waals surface area contributed by atoms with E-state index in [1.807, 2.05) is 17.0 Å². The molecule has 3 heterocycles. The SMILES string of the molecule is O=C(c1ccc2c(=O)n3c(nc2c1)CCCC3)N(Cc1ccco1)C1CCCC1. The highest BCUT2D eigenvalue weighted by Gasteiger charge is 2.28. The van der Waals surface area contributed by atoms with E-state index in [4.69, 9.17) is 9.40 Å². The van der Waals surface area contributed by atoms with E-state index in [0.29, 0.717) is 23.0 Å². The fourth-order valence-electron chi connectivity index (χ4n) is 4.69. The Bertz CT molecular complexity index is 1090. The van der Waals surface area contributed by atoms with Gasteiger partial charge in [-0.25, -0.2) is 4.98 Å². The maximum absolute atomic E-state index is 13.4. The number of fused-ring (bicyclic) bond motifs is 2. The van der Waals surface area contributed by atoms with Crippen LogP contribution in [0.15, 0.2) is 45.8 Å². The number of rotatable bonds is 4. The maximum atomic E-state index is 13.4. The van der Waals surface area contributed by atoms with Crippen LogP contribution in [0.1, 0.15) is 60.5 Å². The van der Waals surface area contributed by atoms with E-state index in [1.165, 1.54) is 0 Å². The molecule has 6 heteroatoms. The lowest BCUT2D eigenvalue weighted by Gasteiger charge is -2.28. The van der Waals surface area contributed by atoms with Crippen LogP contribution in [0.25, 0.3) is 10.9 Å². The van der Waals surface area contributed by atoms with E-state index in [-0.39, 0.29) is 17.5 Å². The molecule has 0 radical (unpaired) electrons. The Kier molecular flexibility index (Phi) is 4.70. The smallest absolute Gasteiger partial charge is 0.261 e. The Morgan fingerprint density at radius 1 is 1.17 bits per heavy atom. The topological polar surface area (TPSA) is 68.3 Å². The molecule has 150 valence electrons. The molecule has 1 saturated carbocycles. The summed E-state index contributed by atoms with van der Waals surface area (Å²) in [4.78, 5) is 32.9. The fraction of sp³-hybridized carbons (Fsp3) is 0.435. The van der Waals surface area contributed by atoms with E-state index in [1.54, 1.807) is 29.0 Å². The monoisotopic (exact) mass is 391 g/mol. The van der Waals surface area contributed by atoms with Crippen molar-refractivity contribution in [2.45, 2.75) is 64.1 Å². The molecule has 29 heavy (non-hydrogen) atoms. The van der Waals surface area contributed by atoms with Gasteiger partial charge in [0, 0.05) is 24.6 Å². The second-order valence-corrected chi connectivity index (χ2v) is 8.12. The summed E-state index contributed by atoms with van der Waals surface area (Å²) in [6.45, 7) is 1.20. The van der Waals surface area contributed by atoms with Crippen LogP contribution in [-0.2, 0) is 19.5 Å². The van der Waals surface area contributed by atoms with Crippen LogP contribution < -0.4 is 5.56 Å². The highest BCUT2D eigenvalue weighted by Crippen LogP contribution is 2.27. The normalized spacial score (nSPS) is 16.8. The van der Waals surface area contributed by atoms with Gasteiger partial charge in [-0.15, -0.1) is 0 Å². The molecule has 3 aromatic rings. The van der Waals surface area contributed by atoms with Crippen molar-refractivity contribution in [2.24, 2.45) is 0 Å². The minimum Gasteiger partial charge on any atom is -0.467 e. The molecule has 2 aromatic heterocycles. The molecule has 0 unspecified atom stereocenters. The number of nitrogens with zero attached hydrogens (tertiary/aromatic N) is 3. The van der Waals surface area contributed by atoms with Crippen LogP contribution >= 0.6 is 0 Å². The van der Waals surface area contributed by atoms with Gasteiger partial charge in [-0.1, -0.05) is 12.8 Å². The van der Waals surface area contributed by atoms with Gasteiger partial charge >= 0.3 is 0 Å². The zero-order valence-electron chi connectivity index (χ0n) is 16.5. The second kappa shape index (κ2) is 7.50. The highest BCUT2D eigenvalue weighted by atomic mass is 16.3. The summed E-state index contributed by atoms with van der Waals surface area (Å²) in [5, 5.41) is 0.589. The van der Waals surface area contributed by atoms with Gasteiger partial charge in [0.15, 0.2) is 0 Å². The van der Waals surface area contributed by atoms with Crippen LogP contribution in [0.5, 0.6) is 0 Å². The molecule has 0 atom stereocenters. The quantitative estimate of drug-likeness (QED) is 0.676. The van der Waals surface area contributed by atoms with Crippen molar-refractivity contribution >= 4 is 16.8 Å². The molecule has 1 fully saturated rings. The molecule has 5 rings (SSSR count). The van der Waals surface area contributed by atoms with Crippen molar-refractivity contribution in [1.29, 1.82) is 0 Å². The fourth-order valence-corrected chi connectivity index (χ4v) is 4.69. The van der Waals surface area contributed by atoms with E-state index >= 15 is 0 Å². The molecule has 2 aliphatic rings. The molecule has 1 aliphatic carbocycles. The van der Waals surface area contributed by atoms with Crippen LogP contribution in [0.3, 0.4) is 0 Å². The highest BCUT2D eigenvalue weighted by molar-refractivity contribution is 5.97. The summed E-state index contributed by atoms with van der Waals surface area (Å²) in [6.07, 6.45) is 8.86. The van der Waals surface area contributed by atoms with Crippen molar-refractivity contribution in [3.63, 3.8) is 0 Å². The Balaban J connectivity index is 1.52. The number of hydrogen-bond acceptors (Lipinski definition) is 4. The van der Waals surface area contributed by atoms with Crippen molar-refractivity contribution in [2.75, 3.05) is 0 Å². The first kappa shape index (κ1) is 18.2. The van der Waals surface area contributed by atoms with Gasteiger partial charge in [-0.3, -0.25) is 14.2 Å². The molecule has 0 N–H and O–H groups in total. The van der Waals surface area contributed by atoms with Gasteiger partial charge in [0.1, 0.15) is 11.6 Å². The molecular formula is C23H25N3O3. The third kappa shape index (κ3) is 3.37. The summed E-state index contributed by atoms with van der Waals surface area (Å²) < 4.78 is 7.29. The number of aryl methyl sites for hydroxylation is 1. The lowest BCUT2D eigenvalue weighted by Crippen LogP contribution is -2.38. The first-order chi connectivity index (χ1) is 14.2. The molecule has 6 nitrogen and oxygen atoms in total. The Morgan fingerprint density at radius 2 is 2.03 bits per heavy atom. The average Bonchev–Trinajstić information content (AvgIpc) is 3.45. The summed E-state index contributed by atoms with van der Waals surface area (Å²) in [7, 11) is 0. The number of furan rings is 1. The van der Waals surface area contributed by atoms with E-state index in [0.717, 1.165) is 63.1 Å². The van der Waals surface area contributed by atoms with Gasteiger partial charge in [-0.2, -0.15) is 0 Å². The van der Waals surface area contributed by atoms with Crippen molar-refractivity contribution in [1.82, 2.24) is 14.5 Å². The number of hydrogen-bond donors (Lipinski definition) is 0. The first-order valence-electron chi connectivity index (χ1n) is 10.6. The number of aromatic nitrogens is 2. The van der Waals surface area contributed by atoms with Crippen LogP contribution in [0.2, 0.25) is 0 Å². The third-order valence-corrected chi connectivity index (χ3v) is 6.25. The number of benzene rings is 1. The van der Waals surface area contributed by atoms with Gasteiger partial charge in [-0.05, 0) is 56.0 Å². The zero-order chi connectivity index (χ0) is 19.8. The summed E-state index contributed by atoms with van der Waals surface area (Å²) in [6, 6.07) is 9.31. The number of amides is 1. The van der Waals surface area contributed by atoms with Crippen molar-refractivity contribution in [3.05, 3.63) is 64.1 Å². The largest absolute Gasteiger partial charge is 0.467 e. The number of carbonyl (C=O) groups excluding carboxylic acids is 1. The van der Waals surface area contributed by atoms with Crippen LogP contribution in [0.4, 0.5) is 0 Å². The molecular weight excluding hydrogens is 366 g/mol. The van der Waals surface area contributed by atoms with Gasteiger partial charge in [0.25, 0.3) is 11.5 Å². The lowest BCUT2D eigenvalue weighted by molar-refractivity contribution is 0.0649. The minimum atomic E-state index is -0.0187. The van der Waals surface area contributed by atoms with Crippen LogP contribution in [-0.4, -0.2) is 26.4 Å². The molecule has 1 amide bonds. The molecule has 1 aliphatic heterocycles. The van der Waals surface area contributed by atoms with Gasteiger partial charge in [0.2, 0.25) is 0 Å². The van der Waals surface area contributed by atoms with Crippen molar-refractivity contribution in [3.8, 4) is 0 Å². The molecule has 0 bridgehead atoms. The predicted octanol–water partition coefficient (Wildman–Crippen LogP) is 3.91. The zero-order valence-corrected chi connectivity index (χ0v) is 16.5. The van der Waals surface area contributed by atoms with Gasteiger partial charge < -0.3 is 9.32 Å². The van der Waals surface area contributed by atoms with Crippen LogP contribution in [0, 0.1) is 0 Å². The predicted molar refractivity (Wildman–Crippen MR) is 110 cm³/mol. The summed E-state index contributed by atoms with van der Waals surface area (Å²) >= 11 is 0. The molecule has 0 saturated heterocycles. The summed E-state index contributed by atoms with van der Waals surface area (Å²) in [5.41, 5.74) is 1.22. The summed E-state index contributed by atoms with van der Waals surface area (Å²) in [5.74, 6) is 1.60. The maximum Gasteiger partial charge on any atom is 0.261 e. The minimum absolute atomic E-state index is 0.00642. The van der Waals surface area contributed by atoms with E-state index < -0.39 is 0 Å². The van der Waals surface area contributed by atoms with E-state index in [2.05, 4.69) is 0 Å². The third-order valence-electron chi connectivity index (χ3n) is 6.25. The van der Waals surface area contributed by atoms with E-state index in [9.17, 15) is 9.59 Å². The second-order valence-electron chi connectivity index (χ2n) is 8.12. The molecule has 0 spiro atoms. The van der Waals surface area contributed by atoms with Crippen molar-refractivity contribution < 1.29 is 9.21 Å². The Labute approximate surface area is 169 Å². The lowest BCUT2D eigenvalue weighted by atomic mass is 10.1. The Hall–Kier alpha value is -2.89. The van der Waals surface area contributed by atoms with Gasteiger partial charge in [0.05, 0.1) is 23.7 Å². The molecule has 1 aromatic carbocycles. The Morgan fingerprint density at radius 3 is 2.83 bits per heavy atom. The number of carbonyl (C=O) groups is 1. The standard InChI is InChI=1S/C23H25N3O3/c27-22(26(17-6-1-2-7-17)15-18-8-5-13-29-18)16-10-11-19-20(14-16)24-21-9-3-4-12-25(21)23(19)28/h5,8,10-11,13-14,17H,1-4,6-7,9,12,15H2.